The minimum Gasteiger partial charge on any atom is -0.495 e. The van der Waals surface area contributed by atoms with Crippen molar-refractivity contribution in [2.75, 3.05) is 49.7 Å². The quantitative estimate of drug-likeness (QED) is 0.0329. The lowest BCUT2D eigenvalue weighted by atomic mass is 10.0. The predicted molar refractivity (Wildman–Crippen MR) is 523 cm³/mol. The van der Waals surface area contributed by atoms with E-state index in [1.165, 1.54) is 36.3 Å². The average molecular weight is 1710 g/mol. The number of aromatic nitrogens is 16. The summed E-state index contributed by atoms with van der Waals surface area (Å²) in [7, 11) is 6.64. The Morgan fingerprint density at radius 1 is 0.260 bits per heavy atom. The fourth-order valence-corrected chi connectivity index (χ4v) is 15.8. The Bertz CT molecular complexity index is 7870. The number of H-pyrrole nitrogens is 4. The van der Waals surface area contributed by atoms with Gasteiger partial charge in [0, 0.05) is 27.8 Å². The molecule has 0 saturated heterocycles. The zero-order valence-corrected chi connectivity index (χ0v) is 71.6. The molecule has 24 nitrogen and oxygen atoms in total. The summed E-state index contributed by atoms with van der Waals surface area (Å²) in [5.41, 5.74) is 23.9. The van der Waals surface area contributed by atoms with Gasteiger partial charge in [-0.15, -0.1) is 6.42 Å². The first-order chi connectivity index (χ1) is 64.6. The van der Waals surface area contributed by atoms with Gasteiger partial charge in [0.15, 0.2) is 22.6 Å². The molecule has 8 aromatic heterocycles. The van der Waals surface area contributed by atoms with Crippen LogP contribution < -0.4 is 40.2 Å². The van der Waals surface area contributed by atoms with Crippen LogP contribution in [0.4, 0.5) is 46.0 Å². The number of benzene rings is 14. The van der Waals surface area contributed by atoms with E-state index in [0.717, 1.165) is 173 Å². The molecule has 22 rings (SSSR count). The second kappa shape index (κ2) is 37.7. The monoisotopic (exact) mass is 1710 g/mol. The van der Waals surface area contributed by atoms with Crippen LogP contribution in [0.5, 0.6) is 23.0 Å². The van der Waals surface area contributed by atoms with E-state index in [2.05, 4.69) is 260 Å². The highest BCUT2D eigenvalue weighted by molar-refractivity contribution is 6.08. The molecule has 24 heteroatoms. The highest BCUT2D eigenvalue weighted by atomic mass is 16.5. The van der Waals surface area contributed by atoms with Crippen molar-refractivity contribution in [2.45, 2.75) is 6.92 Å². The molecule has 0 atom stereocenters. The maximum atomic E-state index is 5.65. The van der Waals surface area contributed by atoms with E-state index in [1.807, 2.05) is 182 Å². The van der Waals surface area contributed by atoms with Crippen molar-refractivity contribution in [1.82, 2.24) is 80.7 Å². The molecule has 0 fully saturated rings. The van der Waals surface area contributed by atoms with Gasteiger partial charge in [-0.2, -0.15) is 20.4 Å². The van der Waals surface area contributed by atoms with Crippen LogP contribution in [0, 0.1) is 19.3 Å². The Morgan fingerprint density at radius 2 is 0.565 bits per heavy atom. The fourth-order valence-electron chi connectivity index (χ4n) is 15.8. The van der Waals surface area contributed by atoms with Crippen molar-refractivity contribution < 1.29 is 18.9 Å². The standard InChI is InChI=1S/2C28H21N5O.C26H19N5O.C25H21N5O/c1-34-24-15-14-20(18-8-3-2-4-9-18)16-23(24)31-27-25-26(32-33-28(25)30-17-29-27)22-13-7-11-19-10-5-6-12-21(19)22;1-34-24-14-13-21(18-7-3-2-4-8-18)16-23(24)31-27-25-26(32-33-28(25)30-17-29-27)22-12-11-19-9-5-6-10-20(19)15-22;1-3-17-9-11-19(12-10-17)24-23-25(27-16-28-26(23)31-30-24)29-21-15-20(13-14-22(21)32-2)18-7-5-4-6-8-18;1-16-8-10-18(11-9-16)23-22-24(26-15-27-25(22)30-29-23)28-20-14-19(12-13-21(20)31-2)17-6-4-3-5-7-17/h2*2-17H,1H3,(H2,29,30,31,32,33);1,4-16H,2H3,(H2,27,28,29,30,31);3-15H,1-2H3,(H2,26,27,28,29,30). The lowest BCUT2D eigenvalue weighted by molar-refractivity contribution is 0.417. The molecule has 0 aliphatic rings. The highest BCUT2D eigenvalue weighted by Crippen LogP contribution is 2.44. The van der Waals surface area contributed by atoms with Gasteiger partial charge < -0.3 is 40.2 Å². The van der Waals surface area contributed by atoms with Gasteiger partial charge in [-0.25, -0.2) is 39.9 Å². The van der Waals surface area contributed by atoms with Gasteiger partial charge >= 0.3 is 0 Å². The Hall–Kier alpha value is -18.2. The summed E-state index contributed by atoms with van der Waals surface area (Å²) < 4.78 is 22.5. The van der Waals surface area contributed by atoms with Crippen LogP contribution in [0.2, 0.25) is 0 Å². The molecule has 0 saturated carbocycles. The van der Waals surface area contributed by atoms with Crippen LogP contribution in [0.3, 0.4) is 0 Å². The zero-order chi connectivity index (χ0) is 88.9. The van der Waals surface area contributed by atoms with Gasteiger partial charge in [-0.05, 0) is 140 Å². The van der Waals surface area contributed by atoms with Crippen LogP contribution in [0.1, 0.15) is 11.1 Å². The average Bonchev–Trinajstić information content (AvgIpc) is 1.59. The first-order valence-corrected chi connectivity index (χ1v) is 42.0. The number of aromatic amines is 4. The van der Waals surface area contributed by atoms with Gasteiger partial charge in [0.1, 0.15) is 71.6 Å². The molecule has 0 aliphatic heterocycles. The molecule has 131 heavy (non-hydrogen) atoms. The number of aryl methyl sites for hydroxylation is 1. The Labute approximate surface area is 752 Å². The molecule has 634 valence electrons. The summed E-state index contributed by atoms with van der Waals surface area (Å²) in [4.78, 5) is 35.6. The smallest absolute Gasteiger partial charge is 0.186 e. The Morgan fingerprint density at radius 3 is 0.939 bits per heavy atom. The number of nitrogens with one attached hydrogen (secondary N) is 8. The van der Waals surface area contributed by atoms with Gasteiger partial charge in [-0.3, -0.25) is 20.4 Å². The fraction of sp³-hybridized carbons (Fsp3) is 0.0467. The molecular weight excluding hydrogens is 1630 g/mol. The van der Waals surface area contributed by atoms with Crippen LogP contribution in [-0.4, -0.2) is 109 Å². The molecule has 8 heterocycles. The van der Waals surface area contributed by atoms with Crippen LogP contribution in [0.15, 0.2) is 353 Å². The number of hydrogen-bond donors (Lipinski definition) is 8. The minimum absolute atomic E-state index is 0.566. The minimum atomic E-state index is 0.566. The van der Waals surface area contributed by atoms with Gasteiger partial charge in [-0.1, -0.05) is 272 Å². The Balaban J connectivity index is 0.000000113. The molecule has 8 N–H and O–H groups in total. The van der Waals surface area contributed by atoms with Crippen LogP contribution in [0.25, 0.3) is 155 Å². The number of hydrogen-bond acceptors (Lipinski definition) is 20. The highest BCUT2D eigenvalue weighted by Gasteiger charge is 2.24. The maximum absolute atomic E-state index is 5.65. The number of ether oxygens (including phenoxy) is 4. The molecule has 0 unspecified atom stereocenters. The van der Waals surface area contributed by atoms with Gasteiger partial charge in [0.05, 0.1) is 95.5 Å². The topological polar surface area (TPSA) is 303 Å². The lowest BCUT2D eigenvalue weighted by Gasteiger charge is -2.14. The third-order valence-electron chi connectivity index (χ3n) is 22.4. The second-order valence-corrected chi connectivity index (χ2v) is 30.4. The third-order valence-corrected chi connectivity index (χ3v) is 22.4. The molecule has 22 aromatic rings. The number of terminal acetylenes is 1. The van der Waals surface area contributed by atoms with E-state index >= 15 is 0 Å². The summed E-state index contributed by atoms with van der Waals surface area (Å²) in [6.07, 6.45) is 11.5. The van der Waals surface area contributed by atoms with E-state index < -0.39 is 0 Å². The SMILES string of the molecule is C#Cc1ccc(-c2[nH]nc3ncnc(Nc4cc(-c5ccccc5)ccc4OC)c23)cc1.COc1ccc(-c2ccccc2)cc1Nc1ncnc2n[nH]c(-c3ccc(C)cc3)c12.COc1ccc(-c2ccccc2)cc1Nc1ncnc2n[nH]c(-c3ccc4ccccc4c3)c12.COc1ccc(-c2ccccc2)cc1Nc1ncnc2n[nH]c(-c3cccc4ccccc34)c12. The van der Waals surface area contributed by atoms with Crippen molar-refractivity contribution in [3.63, 3.8) is 0 Å². The number of rotatable bonds is 20. The Kier molecular flexibility index (Phi) is 23.7. The predicted octanol–water partition coefficient (Wildman–Crippen LogP) is 24.4. The van der Waals surface area contributed by atoms with Crippen molar-refractivity contribution in [1.29, 1.82) is 0 Å². The van der Waals surface area contributed by atoms with Crippen molar-refractivity contribution in [2.24, 2.45) is 0 Å². The second-order valence-electron chi connectivity index (χ2n) is 30.4. The summed E-state index contributed by atoms with van der Waals surface area (Å²) in [6, 6.07) is 110. The van der Waals surface area contributed by atoms with Crippen molar-refractivity contribution >= 4 is 112 Å². The lowest BCUT2D eigenvalue weighted by Crippen LogP contribution is -1.99. The summed E-state index contributed by atoms with van der Waals surface area (Å²) in [5, 5.41) is 51.9. The molecule has 0 spiro atoms. The first kappa shape index (κ1) is 82.4. The number of fused-ring (bicyclic) bond motifs is 6. The van der Waals surface area contributed by atoms with Gasteiger partial charge in [0.2, 0.25) is 0 Å². The van der Waals surface area contributed by atoms with E-state index in [-0.39, 0.29) is 0 Å². The molecular formula is C107H82N20O4. The van der Waals surface area contributed by atoms with E-state index in [9.17, 15) is 0 Å². The number of nitrogens with zero attached hydrogens (tertiary/aromatic N) is 12. The first-order valence-electron chi connectivity index (χ1n) is 42.0. The maximum Gasteiger partial charge on any atom is 0.186 e. The van der Waals surface area contributed by atoms with Crippen LogP contribution >= 0.6 is 0 Å². The molecule has 0 bridgehead atoms. The number of methoxy groups -OCH3 is 4. The normalized spacial score (nSPS) is 10.9. The molecule has 0 aliphatic carbocycles. The third kappa shape index (κ3) is 17.6. The number of anilines is 8. The van der Waals surface area contributed by atoms with E-state index in [1.54, 1.807) is 28.4 Å². The van der Waals surface area contributed by atoms with E-state index in [0.29, 0.717) is 51.6 Å². The van der Waals surface area contributed by atoms with Crippen LogP contribution in [-0.2, 0) is 0 Å². The molecule has 0 radical (unpaired) electrons. The molecule has 0 amide bonds. The largest absolute Gasteiger partial charge is 0.495 e. The molecule has 14 aromatic carbocycles. The van der Waals surface area contributed by atoms with Crippen molar-refractivity contribution in [3.05, 3.63) is 364 Å². The zero-order valence-electron chi connectivity index (χ0n) is 71.6. The summed E-state index contributed by atoms with van der Waals surface area (Å²) in [5.74, 6) is 8.13. The summed E-state index contributed by atoms with van der Waals surface area (Å²) in [6.45, 7) is 2.07. The van der Waals surface area contributed by atoms with E-state index in [4.69, 9.17) is 25.4 Å². The summed E-state index contributed by atoms with van der Waals surface area (Å²) >= 11 is 0. The van der Waals surface area contributed by atoms with Gasteiger partial charge in [0.25, 0.3) is 0 Å². The van der Waals surface area contributed by atoms with Crippen molar-refractivity contribution in [3.8, 4) is 125 Å².